The number of ether oxygens (including phenoxy) is 1. The lowest BCUT2D eigenvalue weighted by molar-refractivity contribution is -0.392. The van der Waals surface area contributed by atoms with Crippen LogP contribution in [0, 0.1) is 17.0 Å². The Kier molecular flexibility index (Phi) is 7.99. The number of anilines is 2. The molecule has 0 saturated heterocycles. The van der Waals surface area contributed by atoms with Gasteiger partial charge in [-0.05, 0) is 4.92 Å². The third-order valence-electron chi connectivity index (χ3n) is 3.48. The molecule has 0 aromatic carbocycles. The van der Waals surface area contributed by atoms with E-state index in [1.54, 1.807) is 6.92 Å². The first-order chi connectivity index (χ1) is 13.9. The number of nitrogens with zero attached hydrogens (tertiary/aromatic N) is 5. The van der Waals surface area contributed by atoms with Crippen molar-refractivity contribution in [2.75, 3.05) is 17.7 Å². The van der Waals surface area contributed by atoms with Crippen molar-refractivity contribution in [1.29, 1.82) is 0 Å². The van der Waals surface area contributed by atoms with Crippen LogP contribution in [-0.4, -0.2) is 47.1 Å². The molecular formula is C13H13Cl5N8O4. The molecule has 164 valence electrons. The summed E-state index contributed by atoms with van der Waals surface area (Å²) in [4.78, 5) is 33.9. The number of aromatic nitrogens is 4. The minimum Gasteiger partial charge on any atom is -0.445 e. The summed E-state index contributed by atoms with van der Waals surface area (Å²) in [5.41, 5.74) is 5.50. The minimum atomic E-state index is -2.07. The van der Waals surface area contributed by atoms with Crippen molar-refractivity contribution in [3.63, 3.8) is 0 Å². The highest BCUT2D eigenvalue weighted by molar-refractivity contribution is 6.68. The molecule has 0 spiro atoms. The third kappa shape index (κ3) is 6.25. The Hall–Kier alpha value is -1.99. The summed E-state index contributed by atoms with van der Waals surface area (Å²) >= 11 is 29.2. The van der Waals surface area contributed by atoms with Crippen LogP contribution in [0.3, 0.4) is 0 Å². The summed E-state index contributed by atoms with van der Waals surface area (Å²) in [6.07, 6.45) is -1.26. The van der Waals surface area contributed by atoms with Crippen LogP contribution < -0.4 is 16.4 Å². The quantitative estimate of drug-likeness (QED) is 0.163. The summed E-state index contributed by atoms with van der Waals surface area (Å²) in [7, 11) is 0. The first-order valence-electron chi connectivity index (χ1n) is 7.81. The second kappa shape index (κ2) is 9.88. The average Bonchev–Trinajstić information content (AvgIpc) is 2.99. The molecule has 1 amide bonds. The zero-order valence-electron chi connectivity index (χ0n) is 14.9. The number of carbonyl (C=O) groups excluding carboxylic acids is 1. The summed E-state index contributed by atoms with van der Waals surface area (Å²) in [6.45, 7) is 1.32. The number of nitrogens with two attached hydrogens (primary N) is 1. The zero-order chi connectivity index (χ0) is 22.6. The van der Waals surface area contributed by atoms with E-state index in [4.69, 9.17) is 68.5 Å². The van der Waals surface area contributed by atoms with E-state index < -0.39 is 21.0 Å². The van der Waals surface area contributed by atoms with E-state index >= 15 is 0 Å². The number of nitrogen functional groups attached to an aromatic ring is 1. The molecule has 2 rings (SSSR count). The molecule has 2 heterocycles. The van der Waals surface area contributed by atoms with Gasteiger partial charge in [0, 0.05) is 6.92 Å². The molecule has 2 aromatic rings. The van der Waals surface area contributed by atoms with Gasteiger partial charge in [-0.3, -0.25) is 5.32 Å². The maximum Gasteiger partial charge on any atom is 0.409 e. The number of amides is 1. The number of halogens is 5. The smallest absolute Gasteiger partial charge is 0.409 e. The monoisotopic (exact) mass is 520 g/mol. The number of nitrogens with one attached hydrogen (secondary N) is 2. The topological polar surface area (TPSA) is 163 Å². The molecule has 12 nitrogen and oxygen atoms in total. The fraction of sp³-hybridized carbons (Fsp3) is 0.385. The highest BCUT2D eigenvalue weighted by atomic mass is 35.6. The Morgan fingerprint density at radius 3 is 2.50 bits per heavy atom. The van der Waals surface area contributed by atoms with Crippen molar-refractivity contribution in [3.8, 4) is 0 Å². The molecular weight excluding hydrogens is 509 g/mol. The average molecular weight is 523 g/mol. The SMILES string of the molecule is Cc1ncc([N+](=O)[O-])n1CCOC(=O)NC(Nc1nc(Cl)c(N)c(Cl)n1)C(Cl)(Cl)Cl. The lowest BCUT2D eigenvalue weighted by atomic mass is 10.5. The summed E-state index contributed by atoms with van der Waals surface area (Å²) in [5, 5.41) is 15.5. The zero-order valence-corrected chi connectivity index (χ0v) is 18.7. The molecule has 0 fully saturated rings. The fourth-order valence-electron chi connectivity index (χ4n) is 2.08. The van der Waals surface area contributed by atoms with Gasteiger partial charge in [-0.15, -0.1) is 0 Å². The van der Waals surface area contributed by atoms with Crippen molar-refractivity contribution in [2.24, 2.45) is 0 Å². The van der Waals surface area contributed by atoms with Crippen LogP contribution in [0.4, 0.5) is 22.2 Å². The first kappa shape index (κ1) is 24.3. The molecule has 0 aliphatic carbocycles. The summed E-state index contributed by atoms with van der Waals surface area (Å²) in [5.74, 6) is -0.0483. The number of alkyl carbamates (subject to hydrolysis) is 1. The minimum absolute atomic E-state index is 0.0201. The highest BCUT2D eigenvalue weighted by Gasteiger charge is 2.35. The second-order valence-electron chi connectivity index (χ2n) is 5.51. The maximum absolute atomic E-state index is 12.1. The van der Waals surface area contributed by atoms with Crippen LogP contribution in [0.25, 0.3) is 0 Å². The van der Waals surface area contributed by atoms with Crippen molar-refractivity contribution in [2.45, 2.75) is 23.4 Å². The Bertz CT molecular complexity index is 927. The van der Waals surface area contributed by atoms with E-state index in [-0.39, 0.29) is 40.9 Å². The first-order valence-corrected chi connectivity index (χ1v) is 9.70. The highest BCUT2D eigenvalue weighted by Crippen LogP contribution is 2.32. The fourth-order valence-corrected chi connectivity index (χ4v) is 2.79. The normalized spacial score (nSPS) is 12.3. The van der Waals surface area contributed by atoms with Gasteiger partial charge < -0.3 is 25.9 Å². The van der Waals surface area contributed by atoms with E-state index in [9.17, 15) is 14.9 Å². The van der Waals surface area contributed by atoms with Crippen molar-refractivity contribution in [1.82, 2.24) is 24.8 Å². The van der Waals surface area contributed by atoms with Gasteiger partial charge in [0.2, 0.25) is 9.74 Å². The van der Waals surface area contributed by atoms with Crippen molar-refractivity contribution < 1.29 is 14.5 Å². The van der Waals surface area contributed by atoms with Gasteiger partial charge in [-0.1, -0.05) is 58.0 Å². The van der Waals surface area contributed by atoms with Gasteiger partial charge in [-0.2, -0.15) is 9.97 Å². The van der Waals surface area contributed by atoms with Crippen molar-refractivity contribution in [3.05, 3.63) is 32.4 Å². The molecule has 4 N–H and O–H groups in total. The molecule has 17 heteroatoms. The van der Waals surface area contributed by atoms with Crippen LogP contribution in [0.1, 0.15) is 5.82 Å². The summed E-state index contributed by atoms with van der Waals surface area (Å²) < 4.78 is 4.19. The van der Waals surface area contributed by atoms with Gasteiger partial charge in [-0.25, -0.2) is 14.3 Å². The Morgan fingerprint density at radius 2 is 1.97 bits per heavy atom. The van der Waals surface area contributed by atoms with Crippen LogP contribution >= 0.6 is 58.0 Å². The maximum atomic E-state index is 12.1. The number of rotatable bonds is 7. The molecule has 2 aromatic heterocycles. The number of aryl methyl sites for hydroxylation is 1. The number of nitro groups is 1. The van der Waals surface area contributed by atoms with Crippen LogP contribution in [0.15, 0.2) is 6.20 Å². The predicted octanol–water partition coefficient (Wildman–Crippen LogP) is 3.31. The number of imidazole rings is 1. The van der Waals surface area contributed by atoms with E-state index in [0.717, 1.165) is 6.20 Å². The second-order valence-corrected chi connectivity index (χ2v) is 8.60. The van der Waals surface area contributed by atoms with E-state index in [0.29, 0.717) is 5.82 Å². The Balaban J connectivity index is 2.01. The largest absolute Gasteiger partial charge is 0.445 e. The molecule has 0 aliphatic rings. The third-order valence-corrected chi connectivity index (χ3v) is 4.72. The molecule has 0 aliphatic heterocycles. The molecule has 1 atom stereocenters. The standard InChI is InChI=1S/C13H13Cl5N8O4/c1-5-20-4-6(26(28)29)25(5)2-3-30-12(27)24-10(13(16,17)18)23-11-21-8(14)7(19)9(15)22-11/h4,10H,2-3,19H2,1H3,(H,24,27)(H,21,22,23). The van der Waals surface area contributed by atoms with Gasteiger partial charge in [0.25, 0.3) is 0 Å². The van der Waals surface area contributed by atoms with Gasteiger partial charge in [0.05, 0.1) is 0 Å². The summed E-state index contributed by atoms with van der Waals surface area (Å²) in [6, 6.07) is 0. The van der Waals surface area contributed by atoms with Gasteiger partial charge in [0.1, 0.15) is 25.0 Å². The molecule has 1 unspecified atom stereocenters. The van der Waals surface area contributed by atoms with E-state index in [1.807, 2.05) is 0 Å². The Labute approximate surface area is 194 Å². The van der Waals surface area contributed by atoms with E-state index in [2.05, 4.69) is 25.6 Å². The van der Waals surface area contributed by atoms with Gasteiger partial charge >= 0.3 is 11.9 Å². The molecule has 0 saturated carbocycles. The Morgan fingerprint density at radius 1 is 1.37 bits per heavy atom. The molecule has 0 bridgehead atoms. The molecule has 30 heavy (non-hydrogen) atoms. The number of hydrogen-bond acceptors (Lipinski definition) is 9. The number of alkyl halides is 3. The lowest BCUT2D eigenvalue weighted by Gasteiger charge is -2.26. The van der Waals surface area contributed by atoms with Crippen LogP contribution in [0.2, 0.25) is 10.3 Å². The van der Waals surface area contributed by atoms with Crippen LogP contribution in [0.5, 0.6) is 0 Å². The molecule has 0 radical (unpaired) electrons. The van der Waals surface area contributed by atoms with Crippen molar-refractivity contribution >= 4 is 81.6 Å². The number of carbonyl (C=O) groups is 1. The van der Waals surface area contributed by atoms with Gasteiger partial charge in [0.15, 0.2) is 22.3 Å². The van der Waals surface area contributed by atoms with E-state index in [1.165, 1.54) is 4.57 Å². The lowest BCUT2D eigenvalue weighted by Crippen LogP contribution is -2.49. The number of hydrogen-bond donors (Lipinski definition) is 3. The van der Waals surface area contributed by atoms with Crippen LogP contribution in [-0.2, 0) is 11.3 Å². The predicted molar refractivity (Wildman–Crippen MR) is 112 cm³/mol.